The van der Waals surface area contributed by atoms with Gasteiger partial charge in [-0.05, 0) is 19.9 Å². The van der Waals surface area contributed by atoms with Gasteiger partial charge < -0.3 is 15.2 Å². The smallest absolute Gasteiger partial charge is 0.220 e. The number of hydrogen-bond donors (Lipinski definition) is 2. The van der Waals surface area contributed by atoms with Crippen molar-refractivity contribution in [1.29, 1.82) is 0 Å². The maximum Gasteiger partial charge on any atom is 0.220 e. The second-order valence-corrected chi connectivity index (χ2v) is 4.58. The molecule has 0 aromatic carbocycles. The zero-order valence-corrected chi connectivity index (χ0v) is 10.8. The van der Waals surface area contributed by atoms with Crippen LogP contribution in [-0.2, 0) is 9.53 Å². The van der Waals surface area contributed by atoms with Crippen LogP contribution in [0, 0.1) is 0 Å². The number of likely N-dealkylation sites (N-methyl/N-ethyl adjacent to an activating group) is 1. The van der Waals surface area contributed by atoms with Crippen molar-refractivity contribution < 1.29 is 14.6 Å². The van der Waals surface area contributed by atoms with Crippen molar-refractivity contribution in [2.75, 3.05) is 32.8 Å². The summed E-state index contributed by atoms with van der Waals surface area (Å²) in [6.45, 7) is 8.00. The molecule has 2 unspecified atom stereocenters. The highest BCUT2D eigenvalue weighted by Crippen LogP contribution is 2.04. The van der Waals surface area contributed by atoms with E-state index in [1.807, 2.05) is 0 Å². The number of aliphatic hydroxyl groups is 1. The molecule has 5 heteroatoms. The average molecular weight is 244 g/mol. The maximum absolute atomic E-state index is 11.4. The molecule has 100 valence electrons. The minimum atomic E-state index is -0.415. The molecule has 1 aliphatic rings. The molecule has 0 aliphatic carbocycles. The van der Waals surface area contributed by atoms with Crippen LogP contribution in [0.1, 0.15) is 26.7 Å². The molecule has 0 aromatic heterocycles. The number of nitrogens with zero attached hydrogens (tertiary/aromatic N) is 1. The van der Waals surface area contributed by atoms with E-state index in [-0.39, 0.29) is 12.0 Å². The number of ether oxygens (including phenoxy) is 1. The summed E-state index contributed by atoms with van der Waals surface area (Å²) >= 11 is 0. The second kappa shape index (κ2) is 7.63. The third-order valence-corrected chi connectivity index (χ3v) is 2.99. The topological polar surface area (TPSA) is 61.8 Å². The zero-order chi connectivity index (χ0) is 12.7. The quantitative estimate of drug-likeness (QED) is 0.689. The van der Waals surface area contributed by atoms with Gasteiger partial charge in [0.15, 0.2) is 0 Å². The number of rotatable bonds is 6. The standard InChI is InChI=1S/C12H24N2O3/c1-3-14-6-7-17-11(9-14)8-13-12(16)5-4-10(2)15/h10-11,15H,3-9H2,1-2H3,(H,13,16). The molecule has 1 rings (SSSR count). The number of nitrogens with one attached hydrogen (secondary N) is 1. The van der Waals surface area contributed by atoms with E-state index in [4.69, 9.17) is 9.84 Å². The lowest BCUT2D eigenvalue weighted by Crippen LogP contribution is -2.47. The highest BCUT2D eigenvalue weighted by molar-refractivity contribution is 5.75. The summed E-state index contributed by atoms with van der Waals surface area (Å²) in [6.07, 6.45) is 0.571. The van der Waals surface area contributed by atoms with E-state index in [2.05, 4.69) is 17.1 Å². The Kier molecular flexibility index (Phi) is 6.47. The van der Waals surface area contributed by atoms with Gasteiger partial charge in [-0.15, -0.1) is 0 Å². The van der Waals surface area contributed by atoms with Gasteiger partial charge in [-0.2, -0.15) is 0 Å². The van der Waals surface area contributed by atoms with Gasteiger partial charge in [-0.25, -0.2) is 0 Å². The monoisotopic (exact) mass is 244 g/mol. The van der Waals surface area contributed by atoms with Crippen LogP contribution in [-0.4, -0.2) is 60.9 Å². The first-order chi connectivity index (χ1) is 8.11. The lowest BCUT2D eigenvalue weighted by atomic mass is 10.2. The largest absolute Gasteiger partial charge is 0.393 e. The summed E-state index contributed by atoms with van der Waals surface area (Å²) in [7, 11) is 0. The fraction of sp³-hybridized carbons (Fsp3) is 0.917. The first-order valence-corrected chi connectivity index (χ1v) is 6.40. The zero-order valence-electron chi connectivity index (χ0n) is 10.8. The fourth-order valence-corrected chi connectivity index (χ4v) is 1.85. The van der Waals surface area contributed by atoms with Crippen LogP contribution in [0.15, 0.2) is 0 Å². The third-order valence-electron chi connectivity index (χ3n) is 2.99. The SMILES string of the molecule is CCN1CCOC(CNC(=O)CCC(C)O)C1. The first-order valence-electron chi connectivity index (χ1n) is 6.40. The highest BCUT2D eigenvalue weighted by atomic mass is 16.5. The van der Waals surface area contributed by atoms with Crippen LogP contribution >= 0.6 is 0 Å². The number of carbonyl (C=O) groups is 1. The number of morpholine rings is 1. The molecule has 0 bridgehead atoms. The number of aliphatic hydroxyl groups excluding tert-OH is 1. The predicted molar refractivity (Wildman–Crippen MR) is 65.8 cm³/mol. The predicted octanol–water partition coefficient (Wildman–Crippen LogP) is -0.0157. The maximum atomic E-state index is 11.4. The number of carbonyl (C=O) groups excluding carboxylic acids is 1. The van der Waals surface area contributed by atoms with E-state index < -0.39 is 6.10 Å². The molecule has 0 spiro atoms. The van der Waals surface area contributed by atoms with Crippen LogP contribution in [0.5, 0.6) is 0 Å². The Morgan fingerprint density at radius 3 is 3.06 bits per heavy atom. The van der Waals surface area contributed by atoms with Gasteiger partial charge in [0.1, 0.15) is 0 Å². The van der Waals surface area contributed by atoms with Crippen LogP contribution < -0.4 is 5.32 Å². The Hall–Kier alpha value is -0.650. The van der Waals surface area contributed by atoms with Gasteiger partial charge in [0.05, 0.1) is 18.8 Å². The Labute approximate surface area is 103 Å². The Balaban J connectivity index is 2.14. The van der Waals surface area contributed by atoms with Crippen molar-refractivity contribution in [2.24, 2.45) is 0 Å². The van der Waals surface area contributed by atoms with E-state index in [0.717, 1.165) is 26.2 Å². The van der Waals surface area contributed by atoms with Crippen LogP contribution in [0.3, 0.4) is 0 Å². The van der Waals surface area contributed by atoms with Crippen LogP contribution in [0.25, 0.3) is 0 Å². The lowest BCUT2D eigenvalue weighted by molar-refractivity contribution is -0.122. The van der Waals surface area contributed by atoms with Crippen molar-refractivity contribution in [1.82, 2.24) is 10.2 Å². The normalized spacial score (nSPS) is 23.4. The molecule has 0 saturated carbocycles. The van der Waals surface area contributed by atoms with Gasteiger partial charge in [0.25, 0.3) is 0 Å². The van der Waals surface area contributed by atoms with E-state index >= 15 is 0 Å². The van der Waals surface area contributed by atoms with Crippen LogP contribution in [0.4, 0.5) is 0 Å². The molecule has 1 aliphatic heterocycles. The molecular formula is C12H24N2O3. The number of hydrogen-bond acceptors (Lipinski definition) is 4. The first kappa shape index (κ1) is 14.4. The molecule has 17 heavy (non-hydrogen) atoms. The van der Waals surface area contributed by atoms with Gasteiger partial charge in [-0.1, -0.05) is 6.92 Å². The summed E-state index contributed by atoms with van der Waals surface area (Å²) in [4.78, 5) is 13.8. The minimum absolute atomic E-state index is 0.0110. The minimum Gasteiger partial charge on any atom is -0.393 e. The van der Waals surface area contributed by atoms with Crippen molar-refractivity contribution in [3.05, 3.63) is 0 Å². The summed E-state index contributed by atoms with van der Waals surface area (Å²) < 4.78 is 5.58. The second-order valence-electron chi connectivity index (χ2n) is 4.58. The Morgan fingerprint density at radius 2 is 2.41 bits per heavy atom. The lowest BCUT2D eigenvalue weighted by Gasteiger charge is -2.32. The summed E-state index contributed by atoms with van der Waals surface area (Å²) in [5.74, 6) is -0.0110. The third kappa shape index (κ3) is 6.00. The fourth-order valence-electron chi connectivity index (χ4n) is 1.85. The average Bonchev–Trinajstić information content (AvgIpc) is 2.34. The van der Waals surface area contributed by atoms with Crippen molar-refractivity contribution in [3.8, 4) is 0 Å². The summed E-state index contributed by atoms with van der Waals surface area (Å²) in [6, 6.07) is 0. The molecule has 0 aromatic rings. The molecule has 2 atom stereocenters. The van der Waals surface area contributed by atoms with Crippen molar-refractivity contribution in [2.45, 2.75) is 38.9 Å². The highest BCUT2D eigenvalue weighted by Gasteiger charge is 2.19. The molecule has 1 saturated heterocycles. The van der Waals surface area contributed by atoms with Crippen molar-refractivity contribution >= 4 is 5.91 Å². The van der Waals surface area contributed by atoms with Gasteiger partial charge in [0.2, 0.25) is 5.91 Å². The van der Waals surface area contributed by atoms with E-state index in [1.54, 1.807) is 6.92 Å². The van der Waals surface area contributed by atoms with Gasteiger partial charge in [0, 0.05) is 26.1 Å². The van der Waals surface area contributed by atoms with E-state index in [1.165, 1.54) is 0 Å². The van der Waals surface area contributed by atoms with E-state index in [0.29, 0.717) is 19.4 Å². The molecule has 2 N–H and O–H groups in total. The summed E-state index contributed by atoms with van der Waals surface area (Å²) in [5.41, 5.74) is 0. The van der Waals surface area contributed by atoms with Crippen molar-refractivity contribution in [3.63, 3.8) is 0 Å². The Morgan fingerprint density at radius 1 is 1.65 bits per heavy atom. The van der Waals surface area contributed by atoms with Gasteiger partial charge >= 0.3 is 0 Å². The molecule has 5 nitrogen and oxygen atoms in total. The summed E-state index contributed by atoms with van der Waals surface area (Å²) in [5, 5.41) is 11.9. The molecular weight excluding hydrogens is 220 g/mol. The van der Waals surface area contributed by atoms with Crippen LogP contribution in [0.2, 0.25) is 0 Å². The molecule has 1 heterocycles. The molecule has 1 fully saturated rings. The van der Waals surface area contributed by atoms with E-state index in [9.17, 15) is 4.79 Å². The molecule has 0 radical (unpaired) electrons. The molecule has 1 amide bonds. The van der Waals surface area contributed by atoms with Gasteiger partial charge in [-0.3, -0.25) is 9.69 Å². The number of amides is 1. The Bertz CT molecular complexity index is 234.